The van der Waals surface area contributed by atoms with E-state index in [1.54, 1.807) is 0 Å². The van der Waals surface area contributed by atoms with Gasteiger partial charge in [-0.2, -0.15) is 0 Å². The zero-order valence-corrected chi connectivity index (χ0v) is 12.8. The van der Waals surface area contributed by atoms with Crippen molar-refractivity contribution in [1.82, 2.24) is 5.32 Å². The number of carbonyl (C=O) groups excluding carboxylic acids is 1. The number of rotatable bonds is 2. The molecule has 1 heterocycles. The third-order valence-corrected chi connectivity index (χ3v) is 4.90. The van der Waals surface area contributed by atoms with Crippen molar-refractivity contribution < 1.29 is 9.90 Å². The molecule has 0 aromatic carbocycles. The van der Waals surface area contributed by atoms with Gasteiger partial charge in [-0.15, -0.1) is 11.3 Å². The summed E-state index contributed by atoms with van der Waals surface area (Å²) < 4.78 is 0. The van der Waals surface area contributed by atoms with Crippen LogP contribution in [0.4, 0.5) is 0 Å². The van der Waals surface area contributed by atoms with Gasteiger partial charge in [0.05, 0.1) is 0 Å². The van der Waals surface area contributed by atoms with Gasteiger partial charge in [0.15, 0.2) is 0 Å². The monoisotopic (exact) mass is 291 g/mol. The maximum atomic E-state index is 12.4. The molecule has 1 aliphatic carbocycles. The molecule has 3 nitrogen and oxygen atoms in total. The lowest BCUT2D eigenvalue weighted by Crippen LogP contribution is -2.46. The highest BCUT2D eigenvalue weighted by Crippen LogP contribution is 2.35. The van der Waals surface area contributed by atoms with Crippen molar-refractivity contribution in [3.8, 4) is 11.8 Å². The SMILES string of the molecule is CC1(C)CCCCC1NC(=O)c1sccc1C#CCO. The highest BCUT2D eigenvalue weighted by atomic mass is 32.1. The lowest BCUT2D eigenvalue weighted by Gasteiger charge is -2.39. The Balaban J connectivity index is 2.10. The lowest BCUT2D eigenvalue weighted by molar-refractivity contribution is 0.0857. The first-order valence-corrected chi connectivity index (χ1v) is 7.90. The first kappa shape index (κ1) is 15.1. The molecule has 108 valence electrons. The average molecular weight is 291 g/mol. The summed E-state index contributed by atoms with van der Waals surface area (Å²) in [5, 5.41) is 13.8. The Hall–Kier alpha value is -1.31. The standard InChI is InChI=1S/C16H21NO2S/c1-16(2)9-4-3-7-13(16)17-15(19)14-12(6-5-10-18)8-11-20-14/h8,11,13,18H,3-4,7,9-10H2,1-2H3,(H,17,19). The van der Waals surface area contributed by atoms with E-state index in [0.717, 1.165) is 12.8 Å². The first-order chi connectivity index (χ1) is 9.54. The fourth-order valence-electron chi connectivity index (χ4n) is 2.70. The molecule has 1 saturated carbocycles. The molecule has 0 saturated heterocycles. The van der Waals surface area contributed by atoms with E-state index in [1.165, 1.54) is 24.2 Å². The van der Waals surface area contributed by atoms with Crippen molar-refractivity contribution >= 4 is 17.2 Å². The maximum Gasteiger partial charge on any atom is 0.262 e. The van der Waals surface area contributed by atoms with Gasteiger partial charge >= 0.3 is 0 Å². The van der Waals surface area contributed by atoms with Gasteiger partial charge in [0, 0.05) is 11.6 Å². The van der Waals surface area contributed by atoms with E-state index in [4.69, 9.17) is 5.11 Å². The molecule has 0 spiro atoms. The van der Waals surface area contributed by atoms with Crippen LogP contribution in [0, 0.1) is 17.3 Å². The summed E-state index contributed by atoms with van der Waals surface area (Å²) in [7, 11) is 0. The number of amides is 1. The van der Waals surface area contributed by atoms with Crippen LogP contribution in [0.5, 0.6) is 0 Å². The molecule has 0 aliphatic heterocycles. The molecule has 1 fully saturated rings. The van der Waals surface area contributed by atoms with Crippen LogP contribution < -0.4 is 5.32 Å². The molecule has 1 unspecified atom stereocenters. The summed E-state index contributed by atoms with van der Waals surface area (Å²) in [5.74, 6) is 5.39. The molecule has 1 aromatic rings. The Morgan fingerprint density at radius 1 is 1.55 bits per heavy atom. The summed E-state index contributed by atoms with van der Waals surface area (Å²) in [6, 6.07) is 2.05. The number of nitrogens with one attached hydrogen (secondary N) is 1. The molecule has 0 radical (unpaired) electrons. The molecule has 1 amide bonds. The van der Waals surface area contributed by atoms with Crippen molar-refractivity contribution in [2.24, 2.45) is 5.41 Å². The van der Waals surface area contributed by atoms with E-state index < -0.39 is 0 Å². The van der Waals surface area contributed by atoms with Crippen LogP contribution in [0.1, 0.15) is 54.8 Å². The summed E-state index contributed by atoms with van der Waals surface area (Å²) in [5.41, 5.74) is 0.859. The fourth-order valence-corrected chi connectivity index (χ4v) is 3.46. The third-order valence-electron chi connectivity index (χ3n) is 3.99. The minimum Gasteiger partial charge on any atom is -0.384 e. The van der Waals surface area contributed by atoms with E-state index in [2.05, 4.69) is 31.0 Å². The van der Waals surface area contributed by atoms with Crippen molar-refractivity contribution in [3.05, 3.63) is 21.9 Å². The first-order valence-electron chi connectivity index (χ1n) is 7.02. The molecule has 0 bridgehead atoms. The van der Waals surface area contributed by atoms with Gasteiger partial charge in [-0.25, -0.2) is 0 Å². The van der Waals surface area contributed by atoms with Crippen molar-refractivity contribution in [1.29, 1.82) is 0 Å². The summed E-state index contributed by atoms with van der Waals surface area (Å²) in [4.78, 5) is 13.1. The average Bonchev–Trinajstić information content (AvgIpc) is 2.87. The minimum atomic E-state index is -0.188. The maximum absolute atomic E-state index is 12.4. The Morgan fingerprint density at radius 3 is 3.05 bits per heavy atom. The van der Waals surface area contributed by atoms with E-state index in [9.17, 15) is 4.79 Å². The topological polar surface area (TPSA) is 49.3 Å². The Kier molecular flexibility index (Phi) is 4.85. The quantitative estimate of drug-likeness (QED) is 0.823. The van der Waals surface area contributed by atoms with Crippen molar-refractivity contribution in [2.75, 3.05) is 6.61 Å². The van der Waals surface area contributed by atoms with Crippen LogP contribution in [-0.2, 0) is 0 Å². The number of hydrogen-bond donors (Lipinski definition) is 2. The second-order valence-corrected chi connectivity index (χ2v) is 6.80. The molecule has 20 heavy (non-hydrogen) atoms. The van der Waals surface area contributed by atoms with Gasteiger partial charge in [0.2, 0.25) is 0 Å². The van der Waals surface area contributed by atoms with Crippen LogP contribution in [0.3, 0.4) is 0 Å². The van der Waals surface area contributed by atoms with Gasteiger partial charge in [0.25, 0.3) is 5.91 Å². The Morgan fingerprint density at radius 2 is 2.35 bits per heavy atom. The van der Waals surface area contributed by atoms with E-state index in [1.807, 2.05) is 11.4 Å². The lowest BCUT2D eigenvalue weighted by atomic mass is 9.73. The van der Waals surface area contributed by atoms with Gasteiger partial charge in [-0.05, 0) is 29.7 Å². The van der Waals surface area contributed by atoms with Crippen LogP contribution in [-0.4, -0.2) is 23.7 Å². The molecule has 1 aromatic heterocycles. The number of hydrogen-bond acceptors (Lipinski definition) is 3. The summed E-state index contributed by atoms with van der Waals surface area (Å²) >= 11 is 1.40. The normalized spacial score (nSPS) is 20.9. The molecule has 2 rings (SSSR count). The minimum absolute atomic E-state index is 0.0396. The van der Waals surface area contributed by atoms with Gasteiger partial charge in [0.1, 0.15) is 11.5 Å². The second kappa shape index (κ2) is 6.43. The highest BCUT2D eigenvalue weighted by Gasteiger charge is 2.33. The molecule has 2 N–H and O–H groups in total. The van der Waals surface area contributed by atoms with Gasteiger partial charge in [-0.3, -0.25) is 4.79 Å². The van der Waals surface area contributed by atoms with E-state index in [-0.39, 0.29) is 24.0 Å². The van der Waals surface area contributed by atoms with Gasteiger partial charge < -0.3 is 10.4 Å². The van der Waals surface area contributed by atoms with Crippen molar-refractivity contribution in [3.63, 3.8) is 0 Å². The smallest absolute Gasteiger partial charge is 0.262 e. The largest absolute Gasteiger partial charge is 0.384 e. The summed E-state index contributed by atoms with van der Waals surface area (Å²) in [6.07, 6.45) is 4.61. The van der Waals surface area contributed by atoms with E-state index in [0.29, 0.717) is 10.4 Å². The molecular formula is C16H21NO2S. The fraction of sp³-hybridized carbons (Fsp3) is 0.562. The highest BCUT2D eigenvalue weighted by molar-refractivity contribution is 7.12. The second-order valence-electron chi connectivity index (χ2n) is 5.88. The molecular weight excluding hydrogens is 270 g/mol. The Bertz CT molecular complexity index is 536. The predicted molar refractivity (Wildman–Crippen MR) is 81.8 cm³/mol. The number of thiophene rings is 1. The molecule has 1 atom stereocenters. The van der Waals surface area contributed by atoms with E-state index >= 15 is 0 Å². The van der Waals surface area contributed by atoms with Crippen molar-refractivity contribution in [2.45, 2.75) is 45.6 Å². The molecule has 4 heteroatoms. The van der Waals surface area contributed by atoms with Gasteiger partial charge in [-0.1, -0.05) is 38.5 Å². The summed E-state index contributed by atoms with van der Waals surface area (Å²) in [6.45, 7) is 4.25. The van der Waals surface area contributed by atoms with Crippen LogP contribution in [0.15, 0.2) is 11.4 Å². The number of aliphatic hydroxyl groups is 1. The Labute approximate surface area is 124 Å². The predicted octanol–water partition coefficient (Wildman–Crippen LogP) is 2.79. The van der Waals surface area contributed by atoms with Crippen LogP contribution in [0.25, 0.3) is 0 Å². The third kappa shape index (κ3) is 3.41. The van der Waals surface area contributed by atoms with Crippen LogP contribution in [0.2, 0.25) is 0 Å². The van der Waals surface area contributed by atoms with Crippen LogP contribution >= 0.6 is 11.3 Å². The zero-order chi connectivity index (χ0) is 14.6. The molecule has 1 aliphatic rings. The zero-order valence-electron chi connectivity index (χ0n) is 12.0. The number of aliphatic hydroxyl groups excluding tert-OH is 1. The number of carbonyl (C=O) groups is 1.